The summed E-state index contributed by atoms with van der Waals surface area (Å²) in [6, 6.07) is 0. The number of carbonyl (C=O) groups is 1. The first-order valence-corrected chi connectivity index (χ1v) is 10.2. The molecule has 24 heavy (non-hydrogen) atoms. The highest BCUT2D eigenvalue weighted by atomic mass is 31.2. The molecule has 2 aliphatic heterocycles. The highest BCUT2D eigenvalue weighted by Gasteiger charge is 2.57. The zero-order chi connectivity index (χ0) is 18.1. The molecule has 0 saturated carbocycles. The molecule has 0 aromatic carbocycles. The van der Waals surface area contributed by atoms with Gasteiger partial charge in [0.1, 0.15) is 6.17 Å². The van der Waals surface area contributed by atoms with E-state index >= 15 is 0 Å². The molecule has 2 rings (SSSR count). The van der Waals surface area contributed by atoms with Gasteiger partial charge >= 0.3 is 7.60 Å². The molecule has 0 N–H and O–H groups in total. The molecule has 6 nitrogen and oxygen atoms in total. The van der Waals surface area contributed by atoms with E-state index in [0.29, 0.717) is 24.9 Å². The number of hydrogen-bond donors (Lipinski definition) is 0. The average Bonchev–Trinajstić information content (AvgIpc) is 2.77. The van der Waals surface area contributed by atoms with Gasteiger partial charge in [-0.3, -0.25) is 14.3 Å². The van der Waals surface area contributed by atoms with Gasteiger partial charge in [0, 0.05) is 29.9 Å². The van der Waals surface area contributed by atoms with Crippen molar-refractivity contribution in [2.24, 2.45) is 5.41 Å². The Morgan fingerprint density at radius 1 is 1.17 bits per heavy atom. The topological polar surface area (TPSA) is 59.1 Å². The van der Waals surface area contributed by atoms with E-state index in [9.17, 15) is 9.36 Å². The van der Waals surface area contributed by atoms with Crippen molar-refractivity contribution >= 4 is 13.5 Å². The van der Waals surface area contributed by atoms with E-state index in [-0.39, 0.29) is 12.1 Å². The van der Waals surface area contributed by atoms with Crippen LogP contribution in [0.3, 0.4) is 0 Å². The fraction of sp³-hybridized carbons (Fsp3) is 0.706. The van der Waals surface area contributed by atoms with Crippen molar-refractivity contribution in [3.05, 3.63) is 23.3 Å². The maximum atomic E-state index is 13.6. The molecule has 0 bridgehead atoms. The Morgan fingerprint density at radius 2 is 1.75 bits per heavy atom. The molecule has 1 amide bonds. The second kappa shape index (κ2) is 7.03. The van der Waals surface area contributed by atoms with E-state index in [1.165, 1.54) is 0 Å². The average molecular weight is 356 g/mol. The van der Waals surface area contributed by atoms with Crippen LogP contribution in [0.2, 0.25) is 0 Å². The van der Waals surface area contributed by atoms with Crippen LogP contribution in [0.4, 0.5) is 0 Å². The lowest BCUT2D eigenvalue weighted by molar-refractivity contribution is -0.132. The number of allylic oxidation sites excluding steroid dienone is 1. The number of carbonyl (C=O) groups excluding carboxylic acids is 1. The summed E-state index contributed by atoms with van der Waals surface area (Å²) in [5.41, 5.74) is 0.227. The largest absolute Gasteiger partial charge is 0.359 e. The van der Waals surface area contributed by atoms with Crippen molar-refractivity contribution in [3.8, 4) is 0 Å². The predicted octanol–water partition coefficient (Wildman–Crippen LogP) is 3.92. The zero-order valence-corrected chi connectivity index (χ0v) is 16.4. The second-order valence-corrected chi connectivity index (χ2v) is 8.39. The number of hydrogen-bond acceptors (Lipinski definition) is 5. The Labute approximate surface area is 145 Å². The van der Waals surface area contributed by atoms with E-state index in [4.69, 9.17) is 9.05 Å². The summed E-state index contributed by atoms with van der Waals surface area (Å²) in [6.45, 7) is 13.0. The molecule has 0 aromatic heterocycles. The number of fused-ring (bicyclic) bond motifs is 1. The highest BCUT2D eigenvalue weighted by molar-refractivity contribution is 7.58. The lowest BCUT2D eigenvalue weighted by Crippen LogP contribution is -2.53. The van der Waals surface area contributed by atoms with Crippen LogP contribution in [-0.2, 0) is 18.4 Å². The fourth-order valence-corrected chi connectivity index (χ4v) is 6.27. The minimum atomic E-state index is -3.47. The first-order valence-electron chi connectivity index (χ1n) is 8.68. The Balaban J connectivity index is 2.66. The van der Waals surface area contributed by atoms with Crippen molar-refractivity contribution in [1.29, 1.82) is 0 Å². The van der Waals surface area contributed by atoms with Crippen LogP contribution in [0.1, 0.15) is 48.0 Å². The number of rotatable bonds is 7. The molecule has 0 radical (unpaired) electrons. The maximum Gasteiger partial charge on any atom is 0.359 e. The van der Waals surface area contributed by atoms with Gasteiger partial charge in [-0.2, -0.15) is 0 Å². The zero-order valence-electron chi connectivity index (χ0n) is 15.5. The monoisotopic (exact) mass is 356 g/mol. The Morgan fingerprint density at radius 3 is 2.21 bits per heavy atom. The van der Waals surface area contributed by atoms with Gasteiger partial charge in [-0.1, -0.05) is 20.8 Å². The third-order valence-corrected chi connectivity index (χ3v) is 7.18. The number of amides is 1. The van der Waals surface area contributed by atoms with Gasteiger partial charge in [-0.05, 0) is 27.2 Å². The summed E-state index contributed by atoms with van der Waals surface area (Å²) >= 11 is 0. The molecular weight excluding hydrogens is 327 g/mol. The van der Waals surface area contributed by atoms with Gasteiger partial charge in [-0.25, -0.2) is 0 Å². The maximum absolute atomic E-state index is 13.6. The minimum Gasteiger partial charge on any atom is -0.356 e. The van der Waals surface area contributed by atoms with Crippen LogP contribution in [0.15, 0.2) is 23.3 Å². The van der Waals surface area contributed by atoms with Gasteiger partial charge in [0.2, 0.25) is 0 Å². The highest BCUT2D eigenvalue weighted by Crippen LogP contribution is 2.68. The van der Waals surface area contributed by atoms with E-state index in [1.54, 1.807) is 24.8 Å². The molecule has 1 unspecified atom stereocenters. The molecular formula is C17H29N2O4P. The molecule has 2 aliphatic rings. The Bertz CT molecular complexity index is 602. The van der Waals surface area contributed by atoms with E-state index in [2.05, 4.69) is 4.90 Å². The van der Waals surface area contributed by atoms with Crippen molar-refractivity contribution in [1.82, 2.24) is 9.80 Å². The molecule has 2 heterocycles. The van der Waals surface area contributed by atoms with Crippen LogP contribution < -0.4 is 0 Å². The molecule has 0 spiro atoms. The normalized spacial score (nSPS) is 23.2. The van der Waals surface area contributed by atoms with Crippen molar-refractivity contribution in [2.75, 3.05) is 19.8 Å². The predicted molar refractivity (Wildman–Crippen MR) is 94.1 cm³/mol. The van der Waals surface area contributed by atoms with Gasteiger partial charge < -0.3 is 13.9 Å². The van der Waals surface area contributed by atoms with E-state index in [1.807, 2.05) is 33.9 Å². The third-order valence-electron chi connectivity index (χ3n) is 4.60. The Kier molecular flexibility index (Phi) is 5.63. The quantitative estimate of drug-likeness (QED) is 0.647. The van der Waals surface area contributed by atoms with Crippen molar-refractivity contribution in [3.63, 3.8) is 0 Å². The molecule has 0 fully saturated rings. The fourth-order valence-electron chi connectivity index (χ4n) is 3.85. The second-order valence-electron chi connectivity index (χ2n) is 6.43. The van der Waals surface area contributed by atoms with Gasteiger partial charge in [-0.15, -0.1) is 0 Å². The van der Waals surface area contributed by atoms with Gasteiger partial charge in [0.05, 0.1) is 18.5 Å². The lowest BCUT2D eigenvalue weighted by Gasteiger charge is -2.44. The smallest absolute Gasteiger partial charge is 0.356 e. The molecule has 0 saturated heterocycles. The molecule has 7 heteroatoms. The van der Waals surface area contributed by atoms with Crippen LogP contribution in [0.5, 0.6) is 0 Å². The SMILES string of the molecule is CCOP(=O)(OCC)C1=C(CC)N2C(=O)C=CN(CC)C2C1(C)C. The minimum absolute atomic E-state index is 0.0795. The van der Waals surface area contributed by atoms with E-state index < -0.39 is 13.0 Å². The standard InChI is InChI=1S/C17H29N2O4P/c1-7-13-15(24(21,22-9-3)23-10-4)17(5,6)16-18(8-2)12-11-14(20)19(13)16/h11-12,16H,7-10H2,1-6H3. The van der Waals surface area contributed by atoms with Crippen LogP contribution in [-0.4, -0.2) is 41.6 Å². The van der Waals surface area contributed by atoms with Crippen molar-refractivity contribution < 1.29 is 18.4 Å². The molecule has 136 valence electrons. The molecule has 0 aliphatic carbocycles. The summed E-state index contributed by atoms with van der Waals surface area (Å²) in [5.74, 6) is -0.0795. The Hall–Kier alpha value is -1.10. The van der Waals surface area contributed by atoms with Crippen LogP contribution in [0, 0.1) is 5.41 Å². The summed E-state index contributed by atoms with van der Waals surface area (Å²) in [6.07, 6.45) is 3.78. The molecule has 1 atom stereocenters. The summed E-state index contributed by atoms with van der Waals surface area (Å²) in [4.78, 5) is 16.5. The van der Waals surface area contributed by atoms with Gasteiger partial charge in [0.25, 0.3) is 5.91 Å². The van der Waals surface area contributed by atoms with E-state index in [0.717, 1.165) is 12.2 Å². The molecule has 0 aromatic rings. The van der Waals surface area contributed by atoms with Crippen LogP contribution >= 0.6 is 7.60 Å². The van der Waals surface area contributed by atoms with Crippen LogP contribution in [0.25, 0.3) is 0 Å². The van der Waals surface area contributed by atoms with Gasteiger partial charge in [0.15, 0.2) is 0 Å². The first-order chi connectivity index (χ1) is 11.3. The first kappa shape index (κ1) is 19.2. The summed E-state index contributed by atoms with van der Waals surface area (Å²) in [5, 5.41) is 0.640. The number of nitrogens with zero attached hydrogens (tertiary/aromatic N) is 2. The van der Waals surface area contributed by atoms with Crippen molar-refractivity contribution in [2.45, 2.75) is 54.1 Å². The summed E-state index contributed by atoms with van der Waals surface area (Å²) in [7, 11) is -3.47. The third kappa shape index (κ3) is 2.85. The summed E-state index contributed by atoms with van der Waals surface area (Å²) < 4.78 is 24.8. The lowest BCUT2D eigenvalue weighted by atomic mass is 9.89.